The fourth-order valence-electron chi connectivity index (χ4n) is 2.60. The Balaban J connectivity index is 2.02. The Hall–Kier alpha value is -2.40. The lowest BCUT2D eigenvalue weighted by atomic mass is 10.1. The van der Waals surface area contributed by atoms with Crippen molar-refractivity contribution >= 4 is 21.4 Å². The summed E-state index contributed by atoms with van der Waals surface area (Å²) in [7, 11) is -3.25. The minimum atomic E-state index is -3.25. The molecule has 0 saturated carbocycles. The predicted molar refractivity (Wildman–Crippen MR) is 91.1 cm³/mol. The van der Waals surface area contributed by atoms with Crippen molar-refractivity contribution in [2.45, 2.75) is 13.0 Å². The Morgan fingerprint density at radius 2 is 1.70 bits per heavy atom. The van der Waals surface area contributed by atoms with Gasteiger partial charge in [0.1, 0.15) is 0 Å². The highest BCUT2D eigenvalue weighted by Crippen LogP contribution is 2.25. The van der Waals surface area contributed by atoms with Gasteiger partial charge in [0.15, 0.2) is 9.84 Å². The molecule has 0 spiro atoms. The number of benzene rings is 2. The fourth-order valence-corrected chi connectivity index (χ4v) is 3.87. The summed E-state index contributed by atoms with van der Waals surface area (Å²) in [4.78, 5) is 14.5. The van der Waals surface area contributed by atoms with Gasteiger partial charge < -0.3 is 4.90 Å². The number of hydrogen-bond acceptors (Lipinski definition) is 3. The number of hydrogen-bond donors (Lipinski definition) is 0. The van der Waals surface area contributed by atoms with Crippen molar-refractivity contribution in [2.75, 3.05) is 10.7 Å². The summed E-state index contributed by atoms with van der Waals surface area (Å²) >= 11 is 0. The largest absolute Gasteiger partial charge is 0.300 e. The second-order valence-electron chi connectivity index (χ2n) is 5.60. The van der Waals surface area contributed by atoms with Gasteiger partial charge in [-0.25, -0.2) is 8.42 Å². The fraction of sp³-hybridized carbons (Fsp3) is 0.167. The third kappa shape index (κ3) is 3.35. The molecule has 5 heteroatoms. The summed E-state index contributed by atoms with van der Waals surface area (Å²) in [5.41, 5.74) is 2.30. The number of aryl methyl sites for hydroxylation is 1. The van der Waals surface area contributed by atoms with Crippen LogP contribution in [0, 0.1) is 6.92 Å². The molecule has 1 aliphatic heterocycles. The zero-order chi connectivity index (χ0) is 16.4. The van der Waals surface area contributed by atoms with E-state index in [0.29, 0.717) is 11.3 Å². The molecule has 1 heterocycles. The van der Waals surface area contributed by atoms with E-state index in [-0.39, 0.29) is 11.7 Å². The van der Waals surface area contributed by atoms with Gasteiger partial charge in [0, 0.05) is 16.7 Å². The lowest BCUT2D eigenvalue weighted by molar-refractivity contribution is 0.0983. The first kappa shape index (κ1) is 15.5. The van der Waals surface area contributed by atoms with Crippen LogP contribution in [0.15, 0.2) is 66.1 Å². The van der Waals surface area contributed by atoms with Crippen LogP contribution in [0.1, 0.15) is 15.9 Å². The zero-order valence-corrected chi connectivity index (χ0v) is 13.5. The summed E-state index contributed by atoms with van der Waals surface area (Å²) in [6.45, 7) is 1.97. The molecule has 0 bridgehead atoms. The second kappa shape index (κ2) is 6.01. The third-order valence-electron chi connectivity index (χ3n) is 3.79. The van der Waals surface area contributed by atoms with Crippen LogP contribution in [0.3, 0.4) is 0 Å². The summed E-state index contributed by atoms with van der Waals surface area (Å²) < 4.78 is 23.5. The van der Waals surface area contributed by atoms with Crippen molar-refractivity contribution in [3.05, 3.63) is 77.2 Å². The first-order chi connectivity index (χ1) is 11.0. The minimum Gasteiger partial charge on any atom is -0.300 e. The van der Waals surface area contributed by atoms with E-state index >= 15 is 0 Å². The number of amides is 1. The number of carbonyl (C=O) groups is 1. The van der Waals surface area contributed by atoms with E-state index in [9.17, 15) is 13.2 Å². The molecule has 0 aliphatic carbocycles. The Morgan fingerprint density at radius 1 is 1.04 bits per heavy atom. The molecule has 118 valence electrons. The lowest BCUT2D eigenvalue weighted by Gasteiger charge is -2.28. The van der Waals surface area contributed by atoms with Crippen LogP contribution in [0.2, 0.25) is 0 Å². The molecule has 1 atom stereocenters. The van der Waals surface area contributed by atoms with E-state index in [1.54, 1.807) is 35.2 Å². The molecule has 2 aromatic rings. The van der Waals surface area contributed by atoms with Gasteiger partial charge in [-0.05, 0) is 37.3 Å². The van der Waals surface area contributed by atoms with Crippen molar-refractivity contribution in [2.24, 2.45) is 0 Å². The first-order valence-corrected chi connectivity index (χ1v) is 9.04. The van der Waals surface area contributed by atoms with Crippen LogP contribution in [0.25, 0.3) is 0 Å². The van der Waals surface area contributed by atoms with E-state index in [1.807, 2.05) is 37.3 Å². The number of anilines is 1. The van der Waals surface area contributed by atoms with E-state index in [0.717, 1.165) is 5.56 Å². The van der Waals surface area contributed by atoms with Crippen molar-refractivity contribution in [3.63, 3.8) is 0 Å². The maximum absolute atomic E-state index is 12.9. The lowest BCUT2D eigenvalue weighted by Crippen LogP contribution is -2.41. The molecule has 0 N–H and O–H groups in total. The normalized spacial score (nSPS) is 18.7. The van der Waals surface area contributed by atoms with Gasteiger partial charge >= 0.3 is 0 Å². The highest BCUT2D eigenvalue weighted by Gasteiger charge is 2.31. The molecule has 0 aromatic heterocycles. The van der Waals surface area contributed by atoms with Crippen LogP contribution in [0.4, 0.5) is 5.69 Å². The molecular formula is C18H17NO3S. The average Bonchev–Trinajstić information content (AvgIpc) is 2.90. The highest BCUT2D eigenvalue weighted by molar-refractivity contribution is 7.94. The molecule has 1 amide bonds. The smallest absolute Gasteiger partial charge is 0.258 e. The maximum Gasteiger partial charge on any atom is 0.258 e. The minimum absolute atomic E-state index is 0.0839. The molecule has 0 radical (unpaired) electrons. The zero-order valence-electron chi connectivity index (χ0n) is 12.7. The second-order valence-corrected chi connectivity index (χ2v) is 7.53. The van der Waals surface area contributed by atoms with E-state index in [4.69, 9.17) is 0 Å². The monoisotopic (exact) mass is 327 g/mol. The van der Waals surface area contributed by atoms with Gasteiger partial charge in [-0.1, -0.05) is 35.9 Å². The van der Waals surface area contributed by atoms with Gasteiger partial charge in [-0.2, -0.15) is 0 Å². The van der Waals surface area contributed by atoms with Crippen LogP contribution in [-0.2, 0) is 9.84 Å². The van der Waals surface area contributed by atoms with E-state index in [1.165, 1.54) is 5.41 Å². The van der Waals surface area contributed by atoms with Crippen LogP contribution < -0.4 is 4.90 Å². The number of nitrogens with zero attached hydrogens (tertiary/aromatic N) is 1. The van der Waals surface area contributed by atoms with Crippen LogP contribution in [0.5, 0.6) is 0 Å². The van der Waals surface area contributed by atoms with Gasteiger partial charge in [-0.15, -0.1) is 0 Å². The number of carbonyl (C=O) groups excluding carboxylic acids is 1. The van der Waals surface area contributed by atoms with Crippen molar-refractivity contribution < 1.29 is 13.2 Å². The Bertz CT molecular complexity index is 840. The van der Waals surface area contributed by atoms with E-state index in [2.05, 4.69) is 0 Å². The summed E-state index contributed by atoms with van der Waals surface area (Å²) in [5.74, 6) is -0.291. The van der Waals surface area contributed by atoms with Crippen molar-refractivity contribution in [3.8, 4) is 0 Å². The quantitative estimate of drug-likeness (QED) is 0.871. The Morgan fingerprint density at radius 3 is 2.26 bits per heavy atom. The van der Waals surface area contributed by atoms with Crippen molar-refractivity contribution in [1.29, 1.82) is 0 Å². The number of rotatable bonds is 3. The molecule has 3 rings (SSSR count). The Kier molecular flexibility index (Phi) is 4.05. The molecule has 2 aromatic carbocycles. The van der Waals surface area contributed by atoms with E-state index < -0.39 is 15.9 Å². The summed E-state index contributed by atoms with van der Waals surface area (Å²) in [6, 6.07) is 15.9. The standard InChI is InChI=1S/C18H17NO3S/c1-14-7-9-16(10-8-14)19(17-11-12-23(21,22)13-17)18(20)15-5-3-2-4-6-15/h2-12,17H,13H2,1H3/t17-/m1/s1. The van der Waals surface area contributed by atoms with Gasteiger partial charge in [0.25, 0.3) is 5.91 Å². The third-order valence-corrected chi connectivity index (χ3v) is 5.17. The van der Waals surface area contributed by atoms with Gasteiger partial charge in [-0.3, -0.25) is 4.79 Å². The van der Waals surface area contributed by atoms with Crippen molar-refractivity contribution in [1.82, 2.24) is 0 Å². The topological polar surface area (TPSA) is 54.5 Å². The average molecular weight is 327 g/mol. The summed E-state index contributed by atoms with van der Waals surface area (Å²) in [6.07, 6.45) is 1.58. The first-order valence-electron chi connectivity index (χ1n) is 7.32. The Labute approximate surface area is 136 Å². The molecule has 23 heavy (non-hydrogen) atoms. The van der Waals surface area contributed by atoms with Gasteiger partial charge in [0.05, 0.1) is 11.8 Å². The molecule has 0 fully saturated rings. The van der Waals surface area contributed by atoms with Gasteiger partial charge in [0.2, 0.25) is 0 Å². The maximum atomic E-state index is 12.9. The van der Waals surface area contributed by atoms with Crippen LogP contribution in [-0.4, -0.2) is 26.1 Å². The summed E-state index contributed by atoms with van der Waals surface area (Å²) in [5, 5.41) is 1.19. The van der Waals surface area contributed by atoms with Crippen LogP contribution >= 0.6 is 0 Å². The molecule has 1 aliphatic rings. The molecule has 4 nitrogen and oxygen atoms in total. The highest BCUT2D eigenvalue weighted by atomic mass is 32.2. The SMILES string of the molecule is Cc1ccc(N(C(=O)c2ccccc2)[C@@H]2C=CS(=O)(=O)C2)cc1. The molecular weight excluding hydrogens is 310 g/mol. The molecule has 0 unspecified atom stereocenters. The predicted octanol–water partition coefficient (Wildman–Crippen LogP) is 2.95. The number of sulfone groups is 1. The molecule has 0 saturated heterocycles.